The fraction of sp³-hybridized carbons (Fsp3) is 0.111. The van der Waals surface area contributed by atoms with E-state index in [0.29, 0.717) is 0 Å². The third-order valence-electron chi connectivity index (χ3n) is 13.1. The van der Waals surface area contributed by atoms with E-state index in [1.165, 1.54) is 81.4 Å². The van der Waals surface area contributed by atoms with Crippen molar-refractivity contribution in [3.8, 4) is 33.4 Å². The maximum atomic E-state index is 7.02. The summed E-state index contributed by atoms with van der Waals surface area (Å²) in [5, 5.41) is 4.90. The Morgan fingerprint density at radius 2 is 0.982 bits per heavy atom. The lowest BCUT2D eigenvalue weighted by Gasteiger charge is -2.29. The molecule has 2 aromatic heterocycles. The highest BCUT2D eigenvalue weighted by Crippen LogP contribution is 2.56. The number of para-hydroxylation sites is 1. The molecule has 12 rings (SSSR count). The summed E-state index contributed by atoms with van der Waals surface area (Å²) in [4.78, 5) is 2.50. The van der Waals surface area contributed by atoms with Gasteiger partial charge in [0, 0.05) is 59.5 Å². The van der Waals surface area contributed by atoms with Gasteiger partial charge in [-0.1, -0.05) is 161 Å². The molecule has 3 heteroatoms. The first-order valence-corrected chi connectivity index (χ1v) is 20.7. The van der Waals surface area contributed by atoms with Crippen molar-refractivity contribution >= 4 is 70.5 Å². The second kappa shape index (κ2) is 11.6. The van der Waals surface area contributed by atoms with E-state index in [2.05, 4.69) is 196 Å². The quantitative estimate of drug-likeness (QED) is 0.178. The summed E-state index contributed by atoms with van der Waals surface area (Å²) in [5.41, 5.74) is 18.0. The zero-order valence-corrected chi connectivity index (χ0v) is 33.2. The van der Waals surface area contributed by atoms with Gasteiger partial charge in [0.15, 0.2) is 0 Å². The SMILES string of the molecule is CC1(C)c2ccccc2-c2c(N(c3ccc(-c4cccc5c4oc4c6c(ccc45)C(C)(C)c4ccccc4-6)cc3)c3cccc4c3sc3ccccc34)cccc21. The predicted molar refractivity (Wildman–Crippen MR) is 242 cm³/mol. The van der Waals surface area contributed by atoms with Crippen LogP contribution in [0.1, 0.15) is 49.9 Å². The highest BCUT2D eigenvalue weighted by molar-refractivity contribution is 7.26. The van der Waals surface area contributed by atoms with Gasteiger partial charge in [-0.2, -0.15) is 0 Å². The molecule has 272 valence electrons. The van der Waals surface area contributed by atoms with Crippen LogP contribution in [0.3, 0.4) is 0 Å². The molecule has 2 aliphatic carbocycles. The lowest BCUT2D eigenvalue weighted by atomic mass is 9.82. The first-order chi connectivity index (χ1) is 27.8. The molecular weight excluding hydrogens is 711 g/mol. The highest BCUT2D eigenvalue weighted by atomic mass is 32.1. The van der Waals surface area contributed by atoms with Gasteiger partial charge in [0.05, 0.1) is 16.1 Å². The minimum absolute atomic E-state index is 0.0828. The second-order valence-corrected chi connectivity index (χ2v) is 17.9. The average molecular weight is 750 g/mol. The van der Waals surface area contributed by atoms with Crippen LogP contribution in [0.2, 0.25) is 0 Å². The molecule has 2 heterocycles. The number of rotatable bonds is 4. The standard InChI is InChI=1S/C54H39NOS/c1-53(2)41-20-8-5-15-39(41)48-43(53)22-13-23-45(48)55(46-24-12-19-38-35-14-7-10-25-47(35)57-52(38)46)33-28-26-32(27-29-33)34-17-11-18-36-37-30-31-44-49(51(37)56-50(34)36)40-16-6-9-21-42(40)54(44,3)4/h5-31H,1-4H3. The number of furan rings is 1. The number of nitrogens with zero attached hydrogens (tertiary/aromatic N) is 1. The maximum absolute atomic E-state index is 7.02. The molecule has 10 aromatic rings. The van der Waals surface area contributed by atoms with Gasteiger partial charge in [-0.05, 0) is 69.3 Å². The summed E-state index contributed by atoms with van der Waals surface area (Å²) in [6.07, 6.45) is 0. The fourth-order valence-corrected chi connectivity index (χ4v) is 11.5. The Kier molecular flexibility index (Phi) is 6.65. The molecule has 0 saturated carbocycles. The third kappa shape index (κ3) is 4.41. The Bertz CT molecular complexity index is 3300. The molecule has 0 amide bonds. The smallest absolute Gasteiger partial charge is 0.143 e. The van der Waals surface area contributed by atoms with Gasteiger partial charge in [0.1, 0.15) is 11.2 Å². The molecule has 2 aliphatic rings. The van der Waals surface area contributed by atoms with E-state index in [1.807, 2.05) is 11.3 Å². The molecule has 0 saturated heterocycles. The average Bonchev–Trinajstić information content (AvgIpc) is 3.95. The molecule has 57 heavy (non-hydrogen) atoms. The van der Waals surface area contributed by atoms with E-state index in [-0.39, 0.29) is 10.8 Å². The number of hydrogen-bond donors (Lipinski definition) is 0. The van der Waals surface area contributed by atoms with Crippen molar-refractivity contribution in [1.82, 2.24) is 0 Å². The zero-order chi connectivity index (χ0) is 38.2. The van der Waals surface area contributed by atoms with Crippen LogP contribution >= 0.6 is 11.3 Å². The lowest BCUT2D eigenvalue weighted by Crippen LogP contribution is -2.16. The van der Waals surface area contributed by atoms with Crippen molar-refractivity contribution in [2.45, 2.75) is 38.5 Å². The summed E-state index contributed by atoms with van der Waals surface area (Å²) in [6, 6.07) is 60.6. The molecule has 0 atom stereocenters. The van der Waals surface area contributed by atoms with E-state index in [0.717, 1.165) is 33.4 Å². The predicted octanol–water partition coefficient (Wildman–Crippen LogP) is 15.7. The minimum atomic E-state index is -0.107. The molecule has 0 spiro atoms. The number of benzene rings is 8. The molecule has 0 N–H and O–H groups in total. The summed E-state index contributed by atoms with van der Waals surface area (Å²) < 4.78 is 9.61. The summed E-state index contributed by atoms with van der Waals surface area (Å²) in [5.74, 6) is 0. The number of thiophene rings is 1. The number of fused-ring (bicyclic) bond motifs is 13. The van der Waals surface area contributed by atoms with Gasteiger partial charge >= 0.3 is 0 Å². The maximum Gasteiger partial charge on any atom is 0.143 e. The van der Waals surface area contributed by atoms with E-state index in [1.54, 1.807) is 0 Å². The van der Waals surface area contributed by atoms with Crippen molar-refractivity contribution in [1.29, 1.82) is 0 Å². The fourth-order valence-electron chi connectivity index (χ4n) is 10.3. The van der Waals surface area contributed by atoms with Crippen molar-refractivity contribution in [3.63, 3.8) is 0 Å². The normalized spacial score (nSPS) is 14.6. The number of hydrogen-bond acceptors (Lipinski definition) is 3. The lowest BCUT2D eigenvalue weighted by molar-refractivity contribution is 0.653. The molecule has 0 bridgehead atoms. The van der Waals surface area contributed by atoms with Crippen LogP contribution in [0.15, 0.2) is 168 Å². The Morgan fingerprint density at radius 1 is 0.421 bits per heavy atom. The Morgan fingerprint density at radius 3 is 1.77 bits per heavy atom. The van der Waals surface area contributed by atoms with Crippen LogP contribution in [0.4, 0.5) is 17.1 Å². The van der Waals surface area contributed by atoms with E-state index in [9.17, 15) is 0 Å². The summed E-state index contributed by atoms with van der Waals surface area (Å²) in [7, 11) is 0. The van der Waals surface area contributed by atoms with Crippen LogP contribution in [0, 0.1) is 0 Å². The Labute approximate surface area is 336 Å². The van der Waals surface area contributed by atoms with Crippen molar-refractivity contribution in [3.05, 3.63) is 186 Å². The van der Waals surface area contributed by atoms with Gasteiger partial charge in [-0.15, -0.1) is 11.3 Å². The van der Waals surface area contributed by atoms with Crippen LogP contribution < -0.4 is 4.90 Å². The van der Waals surface area contributed by atoms with Gasteiger partial charge in [-0.25, -0.2) is 0 Å². The molecular formula is C54H39NOS. The van der Waals surface area contributed by atoms with Gasteiger partial charge in [0.2, 0.25) is 0 Å². The van der Waals surface area contributed by atoms with Crippen LogP contribution in [-0.2, 0) is 10.8 Å². The molecule has 0 fully saturated rings. The second-order valence-electron chi connectivity index (χ2n) is 16.8. The van der Waals surface area contributed by atoms with Crippen LogP contribution in [0.25, 0.3) is 75.5 Å². The summed E-state index contributed by atoms with van der Waals surface area (Å²) >= 11 is 1.88. The first kappa shape index (κ1) is 32.8. The van der Waals surface area contributed by atoms with Crippen LogP contribution in [-0.4, -0.2) is 0 Å². The van der Waals surface area contributed by atoms with E-state index >= 15 is 0 Å². The molecule has 0 unspecified atom stereocenters. The topological polar surface area (TPSA) is 16.4 Å². The van der Waals surface area contributed by atoms with E-state index in [4.69, 9.17) is 4.42 Å². The van der Waals surface area contributed by atoms with Gasteiger partial charge < -0.3 is 9.32 Å². The van der Waals surface area contributed by atoms with Crippen molar-refractivity contribution in [2.24, 2.45) is 0 Å². The third-order valence-corrected chi connectivity index (χ3v) is 14.3. The van der Waals surface area contributed by atoms with Crippen molar-refractivity contribution < 1.29 is 4.42 Å². The first-order valence-electron chi connectivity index (χ1n) is 19.9. The summed E-state index contributed by atoms with van der Waals surface area (Å²) in [6.45, 7) is 9.37. The Hall–Kier alpha value is -6.42. The van der Waals surface area contributed by atoms with Gasteiger partial charge in [-0.3, -0.25) is 0 Å². The highest BCUT2D eigenvalue weighted by Gasteiger charge is 2.39. The Balaban J connectivity index is 1.06. The molecule has 0 radical (unpaired) electrons. The van der Waals surface area contributed by atoms with E-state index < -0.39 is 0 Å². The van der Waals surface area contributed by atoms with Gasteiger partial charge in [0.25, 0.3) is 0 Å². The largest absolute Gasteiger partial charge is 0.455 e. The zero-order valence-electron chi connectivity index (χ0n) is 32.4. The van der Waals surface area contributed by atoms with Crippen LogP contribution in [0.5, 0.6) is 0 Å². The van der Waals surface area contributed by atoms with Crippen molar-refractivity contribution in [2.75, 3.05) is 4.90 Å². The minimum Gasteiger partial charge on any atom is -0.455 e. The molecule has 0 aliphatic heterocycles. The number of anilines is 3. The molecule has 2 nitrogen and oxygen atoms in total. The molecule has 8 aromatic carbocycles. The monoisotopic (exact) mass is 749 g/mol.